The average Bonchev–Trinajstić information content (AvgIpc) is 2.81. The maximum absolute atomic E-state index is 11.9. The molecule has 7 nitrogen and oxygen atoms in total. The molecule has 0 spiro atoms. The van der Waals surface area contributed by atoms with Gasteiger partial charge in [-0.25, -0.2) is 5.10 Å². The number of nitrogens with zero attached hydrogens (tertiary/aromatic N) is 1. The Morgan fingerprint density at radius 2 is 2.05 bits per heavy atom. The monoisotopic (exact) mass is 270 g/mol. The van der Waals surface area contributed by atoms with Gasteiger partial charge in [0.15, 0.2) is 0 Å². The summed E-state index contributed by atoms with van der Waals surface area (Å²) in [6.45, 7) is 0.504. The Labute approximate surface area is 113 Å². The van der Waals surface area contributed by atoms with Crippen LogP contribution in [0.1, 0.15) is 26.4 Å². The van der Waals surface area contributed by atoms with Crippen LogP contribution in [0.5, 0.6) is 0 Å². The summed E-state index contributed by atoms with van der Waals surface area (Å²) in [5, 5.41) is 11.1. The molecule has 0 aliphatic carbocycles. The van der Waals surface area contributed by atoms with Crippen molar-refractivity contribution in [3.8, 4) is 0 Å². The zero-order chi connectivity index (χ0) is 14.1. The highest BCUT2D eigenvalue weighted by Crippen LogP contribution is 2.20. The second-order valence-electron chi connectivity index (χ2n) is 4.32. The van der Waals surface area contributed by atoms with E-state index < -0.39 is 5.91 Å². The summed E-state index contributed by atoms with van der Waals surface area (Å²) in [6, 6.07) is 7.65. The van der Waals surface area contributed by atoms with Gasteiger partial charge in [-0.05, 0) is 23.8 Å². The number of carbonyl (C=O) groups excluding carboxylic acids is 2. The minimum absolute atomic E-state index is 0.0922. The molecule has 0 bridgehead atoms. The van der Waals surface area contributed by atoms with Crippen molar-refractivity contribution < 1.29 is 9.59 Å². The lowest BCUT2D eigenvalue weighted by Crippen LogP contribution is -2.17. The lowest BCUT2D eigenvalue weighted by molar-refractivity contribution is 0.0964. The predicted molar refractivity (Wildman–Crippen MR) is 70.4 cm³/mol. The van der Waals surface area contributed by atoms with Crippen LogP contribution in [0.25, 0.3) is 0 Å². The van der Waals surface area contributed by atoms with Crippen LogP contribution in [0.15, 0.2) is 35.1 Å². The highest BCUT2D eigenvalue weighted by atomic mass is 16.2. The maximum atomic E-state index is 11.9. The van der Waals surface area contributed by atoms with Crippen molar-refractivity contribution >= 4 is 17.5 Å². The molecule has 0 radical (unpaired) electrons. The van der Waals surface area contributed by atoms with Gasteiger partial charge < -0.3 is 10.6 Å². The average molecular weight is 270 g/mol. The molecule has 100 valence electrons. The summed E-state index contributed by atoms with van der Waals surface area (Å²) in [5.74, 6) is -0.613. The normalized spacial score (nSPS) is 12.7. The second-order valence-corrected chi connectivity index (χ2v) is 4.32. The number of rotatable bonds is 2. The van der Waals surface area contributed by atoms with Crippen LogP contribution >= 0.6 is 0 Å². The van der Waals surface area contributed by atoms with Gasteiger partial charge in [0.2, 0.25) is 0 Å². The van der Waals surface area contributed by atoms with E-state index >= 15 is 0 Å². The Hall–Kier alpha value is -2.96. The van der Waals surface area contributed by atoms with E-state index in [1.54, 1.807) is 18.2 Å². The van der Waals surface area contributed by atoms with Gasteiger partial charge in [0.1, 0.15) is 5.69 Å². The Morgan fingerprint density at radius 3 is 2.80 bits per heavy atom. The minimum Gasteiger partial charge on any atom is -0.348 e. The number of anilines is 1. The summed E-state index contributed by atoms with van der Waals surface area (Å²) >= 11 is 0. The smallest absolute Gasteiger partial charge is 0.276 e. The molecule has 2 amide bonds. The first-order valence-electron chi connectivity index (χ1n) is 5.92. The molecule has 1 aliphatic heterocycles. The molecular formula is C13H10N4O3. The molecule has 3 N–H and O–H groups in total. The summed E-state index contributed by atoms with van der Waals surface area (Å²) in [4.78, 5) is 34.3. The van der Waals surface area contributed by atoms with E-state index in [4.69, 9.17) is 0 Å². The number of aromatic nitrogens is 2. The van der Waals surface area contributed by atoms with Gasteiger partial charge in [0, 0.05) is 23.9 Å². The van der Waals surface area contributed by atoms with Crippen molar-refractivity contribution in [2.45, 2.75) is 6.54 Å². The third kappa shape index (κ3) is 2.16. The summed E-state index contributed by atoms with van der Waals surface area (Å²) in [7, 11) is 0. The van der Waals surface area contributed by atoms with Gasteiger partial charge in [-0.3, -0.25) is 14.4 Å². The molecule has 1 aromatic heterocycles. The Kier molecular flexibility index (Phi) is 2.79. The summed E-state index contributed by atoms with van der Waals surface area (Å²) in [5.41, 5.74) is 1.66. The molecule has 2 heterocycles. The molecule has 7 heteroatoms. The molecule has 1 aliphatic rings. The molecule has 1 aromatic carbocycles. The molecule has 0 atom stereocenters. The van der Waals surface area contributed by atoms with Gasteiger partial charge in [0.25, 0.3) is 17.4 Å². The number of benzene rings is 1. The Morgan fingerprint density at radius 1 is 1.20 bits per heavy atom. The fourth-order valence-electron chi connectivity index (χ4n) is 1.96. The van der Waals surface area contributed by atoms with E-state index in [9.17, 15) is 14.4 Å². The van der Waals surface area contributed by atoms with Gasteiger partial charge in [-0.15, -0.1) is 0 Å². The number of H-pyrrole nitrogens is 1. The van der Waals surface area contributed by atoms with Gasteiger partial charge in [-0.1, -0.05) is 6.07 Å². The van der Waals surface area contributed by atoms with Crippen LogP contribution in [-0.2, 0) is 6.54 Å². The standard InChI is InChI=1S/C13H10N4O3/c18-11-4-3-10(16-17-11)13(20)15-8-2-1-7-6-14-12(19)9(7)5-8/h1-5H,6H2,(H,14,19)(H,15,20)(H,17,18). The third-order valence-electron chi connectivity index (χ3n) is 2.96. The number of hydrogen-bond donors (Lipinski definition) is 3. The highest BCUT2D eigenvalue weighted by Gasteiger charge is 2.19. The van der Waals surface area contributed by atoms with Crippen molar-refractivity contribution in [3.05, 3.63) is 57.5 Å². The summed E-state index contributed by atoms with van der Waals surface area (Å²) < 4.78 is 0. The molecule has 20 heavy (non-hydrogen) atoms. The van der Waals surface area contributed by atoms with Gasteiger partial charge in [-0.2, -0.15) is 5.10 Å². The fraction of sp³-hybridized carbons (Fsp3) is 0.0769. The van der Waals surface area contributed by atoms with Gasteiger partial charge >= 0.3 is 0 Å². The van der Waals surface area contributed by atoms with Crippen LogP contribution in [0, 0.1) is 0 Å². The van der Waals surface area contributed by atoms with Crippen molar-refractivity contribution in [1.82, 2.24) is 15.5 Å². The largest absolute Gasteiger partial charge is 0.348 e. The second kappa shape index (κ2) is 4.61. The van der Waals surface area contributed by atoms with Crippen molar-refractivity contribution in [1.29, 1.82) is 0 Å². The Bertz CT molecular complexity index is 746. The third-order valence-corrected chi connectivity index (χ3v) is 2.96. The molecule has 0 saturated carbocycles. The number of carbonyl (C=O) groups is 2. The van der Waals surface area contributed by atoms with Crippen molar-refractivity contribution in [3.63, 3.8) is 0 Å². The van der Waals surface area contributed by atoms with Crippen LogP contribution in [-0.4, -0.2) is 22.0 Å². The molecule has 0 fully saturated rings. The molecule has 0 saturated heterocycles. The quantitative estimate of drug-likeness (QED) is 0.728. The number of hydrogen-bond acceptors (Lipinski definition) is 4. The molecule has 3 rings (SSSR count). The van der Waals surface area contributed by atoms with Crippen LogP contribution in [0.2, 0.25) is 0 Å². The predicted octanol–water partition coefficient (Wildman–Crippen LogP) is 0.266. The van der Waals surface area contributed by atoms with Crippen LogP contribution in [0.4, 0.5) is 5.69 Å². The first-order chi connectivity index (χ1) is 9.63. The highest BCUT2D eigenvalue weighted by molar-refractivity contribution is 6.04. The van der Waals surface area contributed by atoms with Crippen molar-refractivity contribution in [2.24, 2.45) is 0 Å². The maximum Gasteiger partial charge on any atom is 0.276 e. The zero-order valence-electron chi connectivity index (χ0n) is 10.3. The van der Waals surface area contributed by atoms with E-state index in [0.29, 0.717) is 17.8 Å². The molecule has 2 aromatic rings. The number of nitrogens with one attached hydrogen (secondary N) is 3. The number of fused-ring (bicyclic) bond motifs is 1. The fourth-order valence-corrected chi connectivity index (χ4v) is 1.96. The summed E-state index contributed by atoms with van der Waals surface area (Å²) in [6.07, 6.45) is 0. The van der Waals surface area contributed by atoms with E-state index in [-0.39, 0.29) is 17.2 Å². The SMILES string of the molecule is O=C(Nc1ccc2c(c1)C(=O)NC2)c1ccc(=O)[nH]n1. The zero-order valence-corrected chi connectivity index (χ0v) is 10.3. The molecule has 0 unspecified atom stereocenters. The van der Waals surface area contributed by atoms with E-state index in [2.05, 4.69) is 20.8 Å². The Balaban J connectivity index is 1.83. The number of amides is 2. The number of aromatic amines is 1. The van der Waals surface area contributed by atoms with E-state index in [1.165, 1.54) is 12.1 Å². The first kappa shape index (κ1) is 12.1. The lowest BCUT2D eigenvalue weighted by atomic mass is 10.1. The lowest BCUT2D eigenvalue weighted by Gasteiger charge is -2.05. The van der Waals surface area contributed by atoms with Crippen LogP contribution in [0.3, 0.4) is 0 Å². The molecular weight excluding hydrogens is 260 g/mol. The van der Waals surface area contributed by atoms with E-state index in [1.807, 2.05) is 0 Å². The first-order valence-corrected chi connectivity index (χ1v) is 5.92. The topological polar surface area (TPSA) is 104 Å². The van der Waals surface area contributed by atoms with Crippen molar-refractivity contribution in [2.75, 3.05) is 5.32 Å². The minimum atomic E-state index is -0.459. The van der Waals surface area contributed by atoms with Crippen LogP contribution < -0.4 is 16.2 Å². The van der Waals surface area contributed by atoms with Gasteiger partial charge in [0.05, 0.1) is 0 Å². The van der Waals surface area contributed by atoms with E-state index in [0.717, 1.165) is 5.56 Å².